The molecule has 2 heterocycles. The van der Waals surface area contributed by atoms with Crippen molar-refractivity contribution in [3.05, 3.63) is 107 Å². The fraction of sp³-hybridized carbons (Fsp3) is 0. The van der Waals surface area contributed by atoms with Gasteiger partial charge in [0.15, 0.2) is 0 Å². The number of anilines is 2. The van der Waals surface area contributed by atoms with Gasteiger partial charge in [0.1, 0.15) is 23.3 Å². The lowest BCUT2D eigenvalue weighted by Gasteiger charge is -2.07. The topological polar surface area (TPSA) is 137 Å². The molecular formula is C30H20N6O2. The largest absolute Gasteiger partial charge is 0.355 e. The van der Waals surface area contributed by atoms with Gasteiger partial charge in [0.2, 0.25) is 0 Å². The quantitative estimate of drug-likeness (QED) is 0.176. The van der Waals surface area contributed by atoms with E-state index in [4.69, 9.17) is 0 Å². The molecule has 8 nitrogen and oxygen atoms in total. The molecular weight excluding hydrogens is 476 g/mol. The van der Waals surface area contributed by atoms with Crippen LogP contribution in [0.3, 0.4) is 0 Å². The monoisotopic (exact) mass is 496 g/mol. The van der Waals surface area contributed by atoms with E-state index in [9.17, 15) is 20.1 Å². The van der Waals surface area contributed by atoms with E-state index in [2.05, 4.69) is 20.6 Å². The van der Waals surface area contributed by atoms with Crippen molar-refractivity contribution in [1.29, 1.82) is 10.5 Å². The van der Waals surface area contributed by atoms with Gasteiger partial charge in [0.25, 0.3) is 11.8 Å². The SMILES string of the molecule is N#C/C(=C\c1cc2ccccc2[nH]1)C(=O)Nc1ccc(NC(=O)/C(C#N)=C/c2cc3ccccc3[nH]2)cc1. The van der Waals surface area contributed by atoms with Gasteiger partial charge in [-0.3, -0.25) is 9.59 Å². The van der Waals surface area contributed by atoms with Gasteiger partial charge in [-0.2, -0.15) is 10.5 Å². The van der Waals surface area contributed by atoms with Crippen molar-refractivity contribution in [3.63, 3.8) is 0 Å². The van der Waals surface area contributed by atoms with Crippen LogP contribution < -0.4 is 10.6 Å². The molecule has 3 aromatic carbocycles. The van der Waals surface area contributed by atoms with Gasteiger partial charge in [-0.15, -0.1) is 0 Å². The first-order valence-corrected chi connectivity index (χ1v) is 11.6. The lowest BCUT2D eigenvalue weighted by atomic mass is 10.2. The van der Waals surface area contributed by atoms with Gasteiger partial charge in [-0.1, -0.05) is 36.4 Å². The first kappa shape index (κ1) is 23.9. The van der Waals surface area contributed by atoms with Gasteiger partial charge >= 0.3 is 0 Å². The molecule has 2 amide bonds. The zero-order chi connectivity index (χ0) is 26.5. The number of H-pyrrole nitrogens is 2. The number of fused-ring (bicyclic) bond motifs is 2. The first-order chi connectivity index (χ1) is 18.5. The average molecular weight is 497 g/mol. The minimum absolute atomic E-state index is 0.0605. The van der Waals surface area contributed by atoms with Crippen molar-refractivity contribution < 1.29 is 9.59 Å². The number of rotatable bonds is 6. The highest BCUT2D eigenvalue weighted by molar-refractivity contribution is 6.11. The molecule has 0 radical (unpaired) electrons. The second kappa shape index (κ2) is 10.4. The van der Waals surface area contributed by atoms with Crippen LogP contribution in [0.4, 0.5) is 11.4 Å². The summed E-state index contributed by atoms with van der Waals surface area (Å²) in [6.45, 7) is 0. The summed E-state index contributed by atoms with van der Waals surface area (Å²) in [5.74, 6) is -1.12. The summed E-state index contributed by atoms with van der Waals surface area (Å²) in [6, 6.07) is 29.3. The zero-order valence-corrected chi connectivity index (χ0v) is 19.9. The smallest absolute Gasteiger partial charge is 0.266 e. The second-order valence-electron chi connectivity index (χ2n) is 8.45. The Kier molecular flexibility index (Phi) is 6.53. The number of nitrogens with one attached hydrogen (secondary N) is 4. The van der Waals surface area contributed by atoms with Gasteiger partial charge in [0.05, 0.1) is 0 Å². The molecule has 0 saturated heterocycles. The van der Waals surface area contributed by atoms with Crippen LogP contribution in [0.5, 0.6) is 0 Å². The first-order valence-electron chi connectivity index (χ1n) is 11.6. The molecule has 0 aliphatic rings. The van der Waals surface area contributed by atoms with E-state index in [1.54, 1.807) is 24.3 Å². The molecule has 0 bridgehead atoms. The lowest BCUT2D eigenvalue weighted by Crippen LogP contribution is -2.15. The minimum Gasteiger partial charge on any atom is -0.355 e. The maximum atomic E-state index is 12.7. The third kappa shape index (κ3) is 5.20. The molecule has 5 rings (SSSR count). The van der Waals surface area contributed by atoms with Crippen LogP contribution in [0.15, 0.2) is 96.1 Å². The van der Waals surface area contributed by atoms with Gasteiger partial charge in [-0.25, -0.2) is 0 Å². The minimum atomic E-state index is -0.559. The molecule has 8 heteroatoms. The Hall–Kier alpha value is -5.86. The summed E-state index contributed by atoms with van der Waals surface area (Å²) >= 11 is 0. The summed E-state index contributed by atoms with van der Waals surface area (Å²) in [6.07, 6.45) is 2.99. The van der Waals surface area contributed by atoms with Crippen LogP contribution in [0.1, 0.15) is 11.4 Å². The molecule has 38 heavy (non-hydrogen) atoms. The van der Waals surface area contributed by atoms with Crippen molar-refractivity contribution in [2.45, 2.75) is 0 Å². The Labute approximate surface area is 217 Å². The number of benzene rings is 3. The van der Waals surface area contributed by atoms with Crippen LogP contribution in [-0.4, -0.2) is 21.8 Å². The lowest BCUT2D eigenvalue weighted by molar-refractivity contribution is -0.113. The Balaban J connectivity index is 1.25. The zero-order valence-electron chi connectivity index (χ0n) is 19.9. The maximum absolute atomic E-state index is 12.7. The number of nitriles is 2. The molecule has 0 unspecified atom stereocenters. The summed E-state index contributed by atoms with van der Waals surface area (Å²) in [7, 11) is 0. The number of hydrogen-bond donors (Lipinski definition) is 4. The molecule has 0 fully saturated rings. The predicted molar refractivity (Wildman–Crippen MR) is 147 cm³/mol. The van der Waals surface area contributed by atoms with Crippen LogP contribution in [0.25, 0.3) is 34.0 Å². The number of aromatic amines is 2. The summed E-state index contributed by atoms with van der Waals surface area (Å²) in [4.78, 5) is 31.6. The van der Waals surface area contributed by atoms with Crippen LogP contribution in [0.2, 0.25) is 0 Å². The van der Waals surface area contributed by atoms with Crippen molar-refractivity contribution >= 4 is 57.1 Å². The number of nitrogens with zero attached hydrogens (tertiary/aromatic N) is 2. The van der Waals surface area contributed by atoms with Gasteiger partial charge in [0, 0.05) is 33.8 Å². The van der Waals surface area contributed by atoms with Crippen LogP contribution in [-0.2, 0) is 9.59 Å². The summed E-state index contributed by atoms with van der Waals surface area (Å²) in [5.41, 5.74) is 3.87. The van der Waals surface area contributed by atoms with Gasteiger partial charge < -0.3 is 20.6 Å². The maximum Gasteiger partial charge on any atom is 0.266 e. The highest BCUT2D eigenvalue weighted by atomic mass is 16.2. The molecule has 0 saturated carbocycles. The molecule has 0 spiro atoms. The van der Waals surface area contributed by atoms with Crippen molar-refractivity contribution in [1.82, 2.24) is 9.97 Å². The third-order valence-electron chi connectivity index (χ3n) is 5.83. The van der Waals surface area contributed by atoms with Crippen LogP contribution >= 0.6 is 0 Å². The van der Waals surface area contributed by atoms with Crippen molar-refractivity contribution in [3.8, 4) is 12.1 Å². The fourth-order valence-electron chi connectivity index (χ4n) is 3.99. The number of aromatic nitrogens is 2. The number of carbonyl (C=O) groups excluding carboxylic acids is 2. The highest BCUT2D eigenvalue weighted by Crippen LogP contribution is 2.20. The van der Waals surface area contributed by atoms with E-state index in [1.807, 2.05) is 72.8 Å². The molecule has 0 atom stereocenters. The van der Waals surface area contributed by atoms with E-state index in [1.165, 1.54) is 12.2 Å². The summed E-state index contributed by atoms with van der Waals surface area (Å²) < 4.78 is 0. The van der Waals surface area contributed by atoms with Crippen molar-refractivity contribution in [2.24, 2.45) is 0 Å². The molecule has 0 aliphatic heterocycles. The molecule has 5 aromatic rings. The van der Waals surface area contributed by atoms with Crippen molar-refractivity contribution in [2.75, 3.05) is 10.6 Å². The number of amides is 2. The average Bonchev–Trinajstić information content (AvgIpc) is 3.54. The number of hydrogen-bond acceptors (Lipinski definition) is 4. The normalized spacial score (nSPS) is 11.6. The van der Waals surface area contributed by atoms with Gasteiger partial charge in [-0.05, 0) is 71.5 Å². The third-order valence-corrected chi connectivity index (χ3v) is 5.83. The molecule has 2 aromatic heterocycles. The molecule has 4 N–H and O–H groups in total. The Bertz CT molecular complexity index is 1620. The Morgan fingerprint density at radius 3 is 1.39 bits per heavy atom. The van der Waals surface area contributed by atoms with Crippen LogP contribution in [0, 0.1) is 22.7 Å². The standard InChI is InChI=1S/C30H20N6O2/c31-17-21(15-25-13-19-5-1-3-7-27(19)33-25)29(37)35-23-9-11-24(12-10-23)36-30(38)22(18-32)16-26-14-20-6-2-4-8-28(20)34-26/h1-16,33-34H,(H,35,37)(H,36,38)/b21-15+,22-16+. The fourth-order valence-corrected chi connectivity index (χ4v) is 3.99. The highest BCUT2D eigenvalue weighted by Gasteiger charge is 2.13. The molecule has 0 aliphatic carbocycles. The van der Waals surface area contributed by atoms with E-state index < -0.39 is 11.8 Å². The Morgan fingerprint density at radius 1 is 0.632 bits per heavy atom. The molecule has 182 valence electrons. The van der Waals surface area contributed by atoms with E-state index >= 15 is 0 Å². The van der Waals surface area contributed by atoms with E-state index in [0.29, 0.717) is 22.8 Å². The number of para-hydroxylation sites is 2. The van der Waals surface area contributed by atoms with E-state index in [-0.39, 0.29) is 11.1 Å². The van der Waals surface area contributed by atoms with E-state index in [0.717, 1.165) is 21.8 Å². The predicted octanol–water partition coefficient (Wildman–Crippen LogP) is 5.74. The summed E-state index contributed by atoms with van der Waals surface area (Å²) in [5, 5.41) is 26.3. The second-order valence-corrected chi connectivity index (χ2v) is 8.45. The Morgan fingerprint density at radius 2 is 1.03 bits per heavy atom. The number of carbonyl (C=O) groups is 2.